The van der Waals surface area contributed by atoms with Crippen LogP contribution in [0.5, 0.6) is 0 Å². The Kier molecular flexibility index (Phi) is 3.73. The zero-order valence-corrected chi connectivity index (χ0v) is 6.48. The Labute approximate surface area is 62.2 Å². The molecule has 1 fully saturated rings. The molecule has 1 aliphatic heterocycles. The Morgan fingerprint density at radius 2 is 1.80 bits per heavy atom. The Morgan fingerprint density at radius 3 is 2.40 bits per heavy atom. The summed E-state index contributed by atoms with van der Waals surface area (Å²) in [6, 6.07) is 0. The van der Waals surface area contributed by atoms with E-state index < -0.39 is 0 Å². The molecule has 10 heavy (non-hydrogen) atoms. The number of hydrogen-bond donors (Lipinski definition) is 0. The maximum absolute atomic E-state index is 11.7. The normalized spacial score (nSPS) is 21.3. The van der Waals surface area contributed by atoms with Crippen molar-refractivity contribution in [1.82, 2.24) is 4.90 Å². The number of piperidine rings is 1. The predicted molar refractivity (Wildman–Crippen MR) is 40.9 cm³/mol. The van der Waals surface area contributed by atoms with Crippen molar-refractivity contribution in [2.24, 2.45) is 0 Å². The Morgan fingerprint density at radius 1 is 1.10 bits per heavy atom. The SMILES string of the molecule is FCCCN1CCCCC1. The molecular formula is C8H16FN. The fourth-order valence-corrected chi connectivity index (χ4v) is 1.47. The van der Waals surface area contributed by atoms with E-state index in [-0.39, 0.29) is 6.67 Å². The molecule has 0 atom stereocenters. The van der Waals surface area contributed by atoms with Crippen LogP contribution in [0.25, 0.3) is 0 Å². The highest BCUT2D eigenvalue weighted by Gasteiger charge is 2.08. The van der Waals surface area contributed by atoms with Gasteiger partial charge in [0.05, 0.1) is 6.67 Å². The first kappa shape index (κ1) is 7.99. The minimum atomic E-state index is -0.156. The highest BCUT2D eigenvalue weighted by molar-refractivity contribution is 4.63. The maximum atomic E-state index is 11.7. The third-order valence-corrected chi connectivity index (χ3v) is 2.06. The average molecular weight is 145 g/mol. The van der Waals surface area contributed by atoms with Crippen LogP contribution in [0.2, 0.25) is 0 Å². The summed E-state index contributed by atoms with van der Waals surface area (Å²) in [5, 5.41) is 0. The van der Waals surface area contributed by atoms with E-state index in [4.69, 9.17) is 0 Å². The minimum absolute atomic E-state index is 0.156. The topological polar surface area (TPSA) is 3.24 Å². The molecule has 1 rings (SSSR count). The molecule has 0 aliphatic carbocycles. The predicted octanol–water partition coefficient (Wildman–Crippen LogP) is 1.83. The fraction of sp³-hybridized carbons (Fsp3) is 1.00. The zero-order chi connectivity index (χ0) is 7.23. The van der Waals surface area contributed by atoms with E-state index in [1.54, 1.807) is 0 Å². The van der Waals surface area contributed by atoms with Crippen molar-refractivity contribution in [3.63, 3.8) is 0 Å². The van der Waals surface area contributed by atoms with Gasteiger partial charge in [0.25, 0.3) is 0 Å². The molecule has 0 aromatic heterocycles. The van der Waals surface area contributed by atoms with Gasteiger partial charge in [0.1, 0.15) is 0 Å². The van der Waals surface area contributed by atoms with Crippen molar-refractivity contribution >= 4 is 0 Å². The third kappa shape index (κ3) is 2.65. The quantitative estimate of drug-likeness (QED) is 0.585. The van der Waals surface area contributed by atoms with Crippen LogP contribution in [-0.2, 0) is 0 Å². The van der Waals surface area contributed by atoms with Gasteiger partial charge in [-0.25, -0.2) is 0 Å². The molecule has 0 aromatic rings. The summed E-state index contributed by atoms with van der Waals surface area (Å²) in [5.41, 5.74) is 0. The summed E-state index contributed by atoms with van der Waals surface area (Å²) in [4.78, 5) is 2.36. The molecule has 0 spiro atoms. The lowest BCUT2D eigenvalue weighted by atomic mass is 10.1. The van der Waals surface area contributed by atoms with E-state index in [1.165, 1.54) is 32.4 Å². The summed E-state index contributed by atoms with van der Waals surface area (Å²) in [6.07, 6.45) is 4.71. The molecule has 1 aliphatic rings. The van der Waals surface area contributed by atoms with Crippen molar-refractivity contribution in [3.05, 3.63) is 0 Å². The van der Waals surface area contributed by atoms with E-state index in [0.717, 1.165) is 13.0 Å². The van der Waals surface area contributed by atoms with Crippen molar-refractivity contribution in [2.75, 3.05) is 26.3 Å². The average Bonchev–Trinajstić information content (AvgIpc) is 2.03. The van der Waals surface area contributed by atoms with Crippen LogP contribution in [0.3, 0.4) is 0 Å². The van der Waals surface area contributed by atoms with Gasteiger partial charge in [0, 0.05) is 6.54 Å². The van der Waals surface area contributed by atoms with E-state index >= 15 is 0 Å². The third-order valence-electron chi connectivity index (χ3n) is 2.06. The van der Waals surface area contributed by atoms with E-state index in [9.17, 15) is 4.39 Å². The zero-order valence-electron chi connectivity index (χ0n) is 6.48. The molecule has 0 unspecified atom stereocenters. The first-order chi connectivity index (χ1) is 4.93. The Bertz CT molecular complexity index is 79.3. The van der Waals surface area contributed by atoms with Crippen LogP contribution >= 0.6 is 0 Å². The van der Waals surface area contributed by atoms with Gasteiger partial charge < -0.3 is 4.90 Å². The van der Waals surface area contributed by atoms with Crippen LogP contribution in [0.4, 0.5) is 4.39 Å². The largest absolute Gasteiger partial charge is 0.303 e. The molecule has 0 radical (unpaired) electrons. The van der Waals surface area contributed by atoms with Gasteiger partial charge >= 0.3 is 0 Å². The monoisotopic (exact) mass is 145 g/mol. The van der Waals surface area contributed by atoms with Crippen LogP contribution < -0.4 is 0 Å². The second-order valence-electron chi connectivity index (χ2n) is 2.94. The molecule has 0 aromatic carbocycles. The molecule has 0 saturated carbocycles. The van der Waals surface area contributed by atoms with Crippen LogP contribution in [0.1, 0.15) is 25.7 Å². The highest BCUT2D eigenvalue weighted by atomic mass is 19.1. The summed E-state index contributed by atoms with van der Waals surface area (Å²) < 4.78 is 11.7. The molecule has 0 N–H and O–H groups in total. The molecule has 1 nitrogen and oxygen atoms in total. The van der Waals surface area contributed by atoms with Gasteiger partial charge in [-0.1, -0.05) is 6.42 Å². The van der Waals surface area contributed by atoms with Crippen molar-refractivity contribution in [3.8, 4) is 0 Å². The second-order valence-corrected chi connectivity index (χ2v) is 2.94. The van der Waals surface area contributed by atoms with Crippen molar-refractivity contribution in [1.29, 1.82) is 0 Å². The van der Waals surface area contributed by atoms with Gasteiger partial charge in [-0.2, -0.15) is 0 Å². The van der Waals surface area contributed by atoms with E-state index in [2.05, 4.69) is 4.90 Å². The molecule has 1 saturated heterocycles. The Balaban J connectivity index is 2.02. The number of hydrogen-bond acceptors (Lipinski definition) is 1. The Hall–Kier alpha value is -0.110. The summed E-state index contributed by atoms with van der Waals surface area (Å²) in [7, 11) is 0. The molecule has 2 heteroatoms. The molecule has 60 valence electrons. The standard InChI is InChI=1S/C8H16FN/c9-5-4-8-10-6-2-1-3-7-10/h1-8H2. The summed E-state index contributed by atoms with van der Waals surface area (Å²) in [5.74, 6) is 0. The van der Waals surface area contributed by atoms with Gasteiger partial charge in [-0.15, -0.1) is 0 Å². The van der Waals surface area contributed by atoms with Crippen molar-refractivity contribution < 1.29 is 4.39 Å². The van der Waals surface area contributed by atoms with Crippen LogP contribution in [0, 0.1) is 0 Å². The van der Waals surface area contributed by atoms with Gasteiger partial charge in [-0.3, -0.25) is 4.39 Å². The highest BCUT2D eigenvalue weighted by Crippen LogP contribution is 2.08. The number of likely N-dealkylation sites (tertiary alicyclic amines) is 1. The minimum Gasteiger partial charge on any atom is -0.303 e. The lowest BCUT2D eigenvalue weighted by Gasteiger charge is -2.25. The molecule has 0 bridgehead atoms. The maximum Gasteiger partial charge on any atom is 0.0906 e. The number of halogens is 1. The summed E-state index contributed by atoms with van der Waals surface area (Å²) >= 11 is 0. The van der Waals surface area contributed by atoms with Crippen molar-refractivity contribution in [2.45, 2.75) is 25.7 Å². The van der Waals surface area contributed by atoms with Gasteiger partial charge in [0.2, 0.25) is 0 Å². The number of alkyl halides is 1. The number of rotatable bonds is 3. The molecular weight excluding hydrogens is 129 g/mol. The second kappa shape index (κ2) is 4.67. The number of nitrogens with zero attached hydrogens (tertiary/aromatic N) is 1. The fourth-order valence-electron chi connectivity index (χ4n) is 1.47. The smallest absolute Gasteiger partial charge is 0.0906 e. The van der Waals surface area contributed by atoms with Gasteiger partial charge in [0.15, 0.2) is 0 Å². The molecule has 0 amide bonds. The lowest BCUT2D eigenvalue weighted by molar-refractivity contribution is 0.219. The molecule has 1 heterocycles. The summed E-state index contributed by atoms with van der Waals surface area (Å²) in [6.45, 7) is 3.20. The van der Waals surface area contributed by atoms with E-state index in [0.29, 0.717) is 0 Å². The van der Waals surface area contributed by atoms with E-state index in [1.807, 2.05) is 0 Å². The first-order valence-corrected chi connectivity index (χ1v) is 4.22. The van der Waals surface area contributed by atoms with Gasteiger partial charge in [-0.05, 0) is 32.4 Å². The van der Waals surface area contributed by atoms with Crippen LogP contribution in [0.15, 0.2) is 0 Å². The first-order valence-electron chi connectivity index (χ1n) is 4.22. The van der Waals surface area contributed by atoms with Crippen LogP contribution in [-0.4, -0.2) is 31.2 Å². The lowest BCUT2D eigenvalue weighted by Crippen LogP contribution is -2.30.